The molecule has 35 heavy (non-hydrogen) atoms. The third-order valence-electron chi connectivity index (χ3n) is 6.04. The molecule has 0 amide bonds. The normalized spacial score (nSPS) is 15.6. The lowest BCUT2D eigenvalue weighted by Crippen LogP contribution is -2.30. The third kappa shape index (κ3) is 5.72. The quantitative estimate of drug-likeness (QED) is 0.368. The molecule has 2 N–H and O–H groups in total. The number of aryl methyl sites for hydroxylation is 1. The smallest absolute Gasteiger partial charge is 0.265 e. The van der Waals surface area contributed by atoms with Gasteiger partial charge in [-0.15, -0.1) is 0 Å². The van der Waals surface area contributed by atoms with Crippen molar-refractivity contribution < 1.29 is 22.3 Å². The molecule has 2 aromatic carbocycles. The van der Waals surface area contributed by atoms with Crippen molar-refractivity contribution in [3.05, 3.63) is 52.9 Å². The number of aromatic nitrogens is 1. The number of sulfonamides is 1. The van der Waals surface area contributed by atoms with Crippen LogP contribution in [0.15, 0.2) is 41.3 Å². The minimum atomic E-state index is -4.21. The van der Waals surface area contributed by atoms with Crippen LogP contribution >= 0.6 is 22.9 Å². The largest absolute Gasteiger partial charge is 0.495 e. The van der Waals surface area contributed by atoms with E-state index in [1.807, 2.05) is 6.92 Å². The Kier molecular flexibility index (Phi) is 7.85. The number of ether oxygens (including phenoxy) is 2. The number of methoxy groups -OCH3 is 1. The lowest BCUT2D eigenvalue weighted by Gasteiger charge is -2.28. The number of anilines is 2. The number of hydrogen-bond acceptors (Lipinski definition) is 7. The maximum Gasteiger partial charge on any atom is 0.265 e. The summed E-state index contributed by atoms with van der Waals surface area (Å²) in [6.45, 7) is 5.57. The molecule has 1 fully saturated rings. The first-order chi connectivity index (χ1) is 16.7. The lowest BCUT2D eigenvalue weighted by atomic mass is 9.93. The third-order valence-corrected chi connectivity index (χ3v) is 8.86. The molecule has 1 aliphatic heterocycles. The number of thiazole rings is 1. The summed E-state index contributed by atoms with van der Waals surface area (Å²) >= 11 is 7.48. The average Bonchev–Trinajstić information content (AvgIpc) is 3.21. The van der Waals surface area contributed by atoms with Gasteiger partial charge in [0.1, 0.15) is 22.1 Å². The molecule has 0 spiro atoms. The Morgan fingerprint density at radius 3 is 2.69 bits per heavy atom. The number of nitrogens with one attached hydrogen (secondary N) is 2. The van der Waals surface area contributed by atoms with E-state index in [0.717, 1.165) is 47.8 Å². The number of nitrogens with zero attached hydrogens (tertiary/aromatic N) is 1. The first kappa shape index (κ1) is 25.7. The Morgan fingerprint density at radius 2 is 2.00 bits per heavy atom. The van der Waals surface area contributed by atoms with Crippen LogP contribution in [0, 0.1) is 18.7 Å². The van der Waals surface area contributed by atoms with Crippen molar-refractivity contribution in [3.63, 3.8) is 0 Å². The van der Waals surface area contributed by atoms with Gasteiger partial charge in [-0.1, -0.05) is 29.0 Å². The van der Waals surface area contributed by atoms with Gasteiger partial charge in [0.15, 0.2) is 5.13 Å². The molecule has 4 rings (SSSR count). The molecule has 0 bridgehead atoms. The molecule has 3 aromatic rings. The van der Waals surface area contributed by atoms with Crippen molar-refractivity contribution >= 4 is 43.8 Å². The predicted octanol–water partition coefficient (Wildman–Crippen LogP) is 5.95. The fraction of sp³-hybridized carbons (Fsp3) is 0.375. The molecule has 0 aliphatic carbocycles. The van der Waals surface area contributed by atoms with Gasteiger partial charge in [-0.3, -0.25) is 4.72 Å². The standard InChI is InChI=1S/C24H27ClFN3O4S2/c1-14(16-9-11-33-12-10-16)27-24-28-15(2)23(34-24)17-7-8-20(32-3)21(13-17)35(30,31)29-22-18(25)5-4-6-19(22)26/h4-8,13-14,16,29H,9-12H2,1-3H3,(H,27,28). The summed E-state index contributed by atoms with van der Waals surface area (Å²) in [4.78, 5) is 5.36. The maximum atomic E-state index is 14.3. The van der Waals surface area contributed by atoms with E-state index in [2.05, 4.69) is 21.9 Å². The van der Waals surface area contributed by atoms with Gasteiger partial charge >= 0.3 is 0 Å². The zero-order chi connectivity index (χ0) is 25.2. The average molecular weight is 540 g/mol. The molecular weight excluding hydrogens is 513 g/mol. The molecule has 188 valence electrons. The molecule has 1 aromatic heterocycles. The lowest BCUT2D eigenvalue weighted by molar-refractivity contribution is 0.0622. The number of halogens is 2. The summed E-state index contributed by atoms with van der Waals surface area (Å²) < 4.78 is 53.7. The molecule has 11 heteroatoms. The first-order valence-electron chi connectivity index (χ1n) is 11.2. The second-order valence-corrected chi connectivity index (χ2v) is 11.4. The van der Waals surface area contributed by atoms with Gasteiger partial charge in [0.25, 0.3) is 10.0 Å². The van der Waals surface area contributed by atoms with Gasteiger partial charge in [0, 0.05) is 19.3 Å². The van der Waals surface area contributed by atoms with Crippen LogP contribution in [0.2, 0.25) is 5.02 Å². The van der Waals surface area contributed by atoms with E-state index in [9.17, 15) is 12.8 Å². The van der Waals surface area contributed by atoms with Crippen LogP contribution in [0.25, 0.3) is 10.4 Å². The summed E-state index contributed by atoms with van der Waals surface area (Å²) in [5.74, 6) is -0.142. The highest BCUT2D eigenvalue weighted by Crippen LogP contribution is 2.38. The number of benzene rings is 2. The second kappa shape index (κ2) is 10.7. The van der Waals surface area contributed by atoms with Crippen LogP contribution in [0.5, 0.6) is 5.75 Å². The van der Waals surface area contributed by atoms with E-state index in [4.69, 9.17) is 21.1 Å². The van der Waals surface area contributed by atoms with Crippen molar-refractivity contribution in [2.45, 2.75) is 37.6 Å². The fourth-order valence-corrected chi connectivity index (χ4v) is 6.68. The van der Waals surface area contributed by atoms with Gasteiger partial charge in [-0.2, -0.15) is 0 Å². The predicted molar refractivity (Wildman–Crippen MR) is 138 cm³/mol. The monoisotopic (exact) mass is 539 g/mol. The Hall–Kier alpha value is -2.40. The zero-order valence-corrected chi connectivity index (χ0v) is 22.0. The highest BCUT2D eigenvalue weighted by molar-refractivity contribution is 7.92. The van der Waals surface area contributed by atoms with E-state index in [-0.39, 0.29) is 27.4 Å². The van der Waals surface area contributed by atoms with Crippen LogP contribution in [0.4, 0.5) is 15.2 Å². The van der Waals surface area contributed by atoms with Crippen molar-refractivity contribution in [1.82, 2.24) is 4.98 Å². The van der Waals surface area contributed by atoms with Gasteiger partial charge in [0.05, 0.1) is 22.7 Å². The highest BCUT2D eigenvalue weighted by atomic mass is 35.5. The number of rotatable bonds is 8. The van der Waals surface area contributed by atoms with Crippen LogP contribution < -0.4 is 14.8 Å². The van der Waals surface area contributed by atoms with Gasteiger partial charge in [-0.25, -0.2) is 17.8 Å². The van der Waals surface area contributed by atoms with E-state index in [1.54, 1.807) is 12.1 Å². The molecule has 1 unspecified atom stereocenters. The van der Waals surface area contributed by atoms with Crippen molar-refractivity contribution in [2.24, 2.45) is 5.92 Å². The molecule has 1 saturated heterocycles. The summed E-state index contributed by atoms with van der Waals surface area (Å²) in [6, 6.07) is 9.03. The van der Waals surface area contributed by atoms with Crippen molar-refractivity contribution in [1.29, 1.82) is 0 Å². The molecule has 0 saturated carbocycles. The molecular formula is C24H27ClFN3O4S2. The summed E-state index contributed by atoms with van der Waals surface area (Å²) in [6.07, 6.45) is 2.01. The first-order valence-corrected chi connectivity index (χ1v) is 13.8. The highest BCUT2D eigenvalue weighted by Gasteiger charge is 2.25. The Balaban J connectivity index is 1.64. The van der Waals surface area contributed by atoms with Gasteiger partial charge in [-0.05, 0) is 68.5 Å². The minimum Gasteiger partial charge on any atom is -0.495 e. The SMILES string of the molecule is COc1ccc(-c2sc(NC(C)C3CCOCC3)nc2C)cc1S(=O)(=O)Nc1c(F)cccc1Cl. The summed E-state index contributed by atoms with van der Waals surface area (Å²) in [7, 11) is -2.84. The van der Waals surface area contributed by atoms with E-state index in [1.165, 1.54) is 36.6 Å². The Labute approximate surface area is 213 Å². The Morgan fingerprint density at radius 1 is 1.26 bits per heavy atom. The topological polar surface area (TPSA) is 89.5 Å². The van der Waals surface area contributed by atoms with Gasteiger partial charge in [0.2, 0.25) is 0 Å². The number of para-hydroxylation sites is 1. The second-order valence-electron chi connectivity index (χ2n) is 8.38. The van der Waals surface area contributed by atoms with E-state index >= 15 is 0 Å². The van der Waals surface area contributed by atoms with Crippen molar-refractivity contribution in [3.8, 4) is 16.2 Å². The minimum absolute atomic E-state index is 0.0450. The molecule has 1 aliphatic rings. The zero-order valence-electron chi connectivity index (χ0n) is 19.6. The van der Waals surface area contributed by atoms with Crippen LogP contribution in [0.1, 0.15) is 25.5 Å². The fourth-order valence-electron chi connectivity index (χ4n) is 4.07. The van der Waals surface area contributed by atoms with Crippen LogP contribution in [-0.2, 0) is 14.8 Å². The van der Waals surface area contributed by atoms with Gasteiger partial charge < -0.3 is 14.8 Å². The Bertz CT molecular complexity index is 1290. The van der Waals surface area contributed by atoms with E-state index < -0.39 is 15.8 Å². The maximum absolute atomic E-state index is 14.3. The van der Waals surface area contributed by atoms with Crippen LogP contribution in [0.3, 0.4) is 0 Å². The van der Waals surface area contributed by atoms with Crippen molar-refractivity contribution in [2.75, 3.05) is 30.4 Å². The van der Waals surface area contributed by atoms with Crippen LogP contribution in [-0.4, -0.2) is 39.8 Å². The molecule has 0 radical (unpaired) electrons. The molecule has 7 nitrogen and oxygen atoms in total. The van der Waals surface area contributed by atoms with E-state index in [0.29, 0.717) is 11.5 Å². The number of hydrogen-bond donors (Lipinski definition) is 2. The molecule has 2 heterocycles. The molecule has 1 atom stereocenters. The summed E-state index contributed by atoms with van der Waals surface area (Å²) in [5.41, 5.74) is 1.12. The summed E-state index contributed by atoms with van der Waals surface area (Å²) in [5, 5.41) is 4.22.